The summed E-state index contributed by atoms with van der Waals surface area (Å²) in [6.07, 6.45) is 1.44. The van der Waals surface area contributed by atoms with E-state index in [9.17, 15) is 9.18 Å². The number of carbonyl (C=O) groups excluding carboxylic acids is 1. The first-order chi connectivity index (χ1) is 15.0. The Labute approximate surface area is 208 Å². The molecule has 1 aliphatic heterocycles. The highest BCUT2D eigenvalue weighted by molar-refractivity contribution is 14.0. The third kappa shape index (κ3) is 10.3. The number of nitrogens with zero attached hydrogens (tertiary/aromatic N) is 4. The molecule has 2 rings (SSSR count). The fraction of sp³-hybridized carbons (Fsp3) is 0.636. The van der Waals surface area contributed by atoms with Crippen LogP contribution < -0.4 is 15.5 Å². The van der Waals surface area contributed by atoms with Crippen molar-refractivity contribution in [2.24, 2.45) is 4.99 Å². The van der Waals surface area contributed by atoms with Crippen LogP contribution in [-0.2, 0) is 9.53 Å². The maximum atomic E-state index is 13.1. The standard InChI is InChI=1S/C22H37FN6O2.HI/c1-24-22(26-11-13-27(2)12-4-18-31-3)25-10-9-21(30)29-16-14-28(15-17-29)20-7-5-19(23)6-8-20;/h5-8H,4,9-18H2,1-3H3,(H2,24,25,26);1H. The van der Waals surface area contributed by atoms with Gasteiger partial charge in [0.05, 0.1) is 0 Å². The van der Waals surface area contributed by atoms with Crippen molar-refractivity contribution in [1.29, 1.82) is 0 Å². The molecule has 0 aliphatic carbocycles. The van der Waals surface area contributed by atoms with Crippen LogP contribution in [0.2, 0.25) is 0 Å². The third-order valence-corrected chi connectivity index (χ3v) is 5.35. The highest BCUT2D eigenvalue weighted by Crippen LogP contribution is 2.17. The zero-order chi connectivity index (χ0) is 22.5. The van der Waals surface area contributed by atoms with Crippen molar-refractivity contribution in [3.63, 3.8) is 0 Å². The summed E-state index contributed by atoms with van der Waals surface area (Å²) in [4.78, 5) is 23.1. The number of aliphatic imine (C=N–C) groups is 1. The van der Waals surface area contributed by atoms with E-state index >= 15 is 0 Å². The van der Waals surface area contributed by atoms with E-state index in [1.54, 1.807) is 26.3 Å². The van der Waals surface area contributed by atoms with E-state index in [-0.39, 0.29) is 35.7 Å². The van der Waals surface area contributed by atoms with E-state index in [0.29, 0.717) is 32.0 Å². The Hall–Kier alpha value is -1.66. The van der Waals surface area contributed by atoms with Crippen molar-refractivity contribution in [2.45, 2.75) is 12.8 Å². The minimum Gasteiger partial charge on any atom is -0.385 e. The first-order valence-electron chi connectivity index (χ1n) is 10.9. The van der Waals surface area contributed by atoms with Crippen LogP contribution in [0.25, 0.3) is 0 Å². The summed E-state index contributed by atoms with van der Waals surface area (Å²) in [7, 11) is 5.53. The molecule has 0 unspecified atom stereocenters. The van der Waals surface area contributed by atoms with E-state index in [0.717, 1.165) is 51.4 Å². The number of guanidine groups is 1. The van der Waals surface area contributed by atoms with Gasteiger partial charge in [-0.25, -0.2) is 4.39 Å². The van der Waals surface area contributed by atoms with Gasteiger partial charge in [0.25, 0.3) is 0 Å². The normalized spacial score (nSPS) is 14.3. The Balaban J connectivity index is 0.00000512. The Morgan fingerprint density at radius 3 is 2.41 bits per heavy atom. The number of carbonyl (C=O) groups is 1. The molecule has 2 N–H and O–H groups in total. The van der Waals surface area contributed by atoms with Gasteiger partial charge in [-0.15, -0.1) is 24.0 Å². The Bertz CT molecular complexity index is 684. The molecule has 1 saturated heterocycles. The second kappa shape index (κ2) is 16.0. The number of halogens is 2. The first kappa shape index (κ1) is 28.4. The molecular formula is C22H38FIN6O2. The fourth-order valence-electron chi connectivity index (χ4n) is 3.49. The lowest BCUT2D eigenvalue weighted by molar-refractivity contribution is -0.131. The molecule has 1 aliphatic rings. The van der Waals surface area contributed by atoms with Gasteiger partial charge < -0.3 is 30.1 Å². The summed E-state index contributed by atoms with van der Waals surface area (Å²) >= 11 is 0. The molecule has 1 aromatic rings. The monoisotopic (exact) mass is 564 g/mol. The lowest BCUT2D eigenvalue weighted by Gasteiger charge is -2.36. The average Bonchev–Trinajstić information content (AvgIpc) is 2.78. The van der Waals surface area contributed by atoms with Crippen LogP contribution in [0.1, 0.15) is 12.8 Å². The van der Waals surface area contributed by atoms with Crippen molar-refractivity contribution in [1.82, 2.24) is 20.4 Å². The molecule has 1 amide bonds. The second-order valence-corrected chi connectivity index (χ2v) is 7.67. The molecule has 0 bridgehead atoms. The van der Waals surface area contributed by atoms with Crippen LogP contribution in [0.4, 0.5) is 10.1 Å². The highest BCUT2D eigenvalue weighted by Gasteiger charge is 2.21. The van der Waals surface area contributed by atoms with Crippen molar-refractivity contribution < 1.29 is 13.9 Å². The van der Waals surface area contributed by atoms with Gasteiger partial charge in [0.2, 0.25) is 5.91 Å². The Morgan fingerprint density at radius 1 is 1.12 bits per heavy atom. The number of nitrogens with one attached hydrogen (secondary N) is 2. The van der Waals surface area contributed by atoms with Gasteiger partial charge in [0.1, 0.15) is 5.82 Å². The zero-order valence-electron chi connectivity index (χ0n) is 19.5. The summed E-state index contributed by atoms with van der Waals surface area (Å²) in [6.45, 7) is 6.86. The van der Waals surface area contributed by atoms with Gasteiger partial charge in [0, 0.05) is 85.2 Å². The van der Waals surface area contributed by atoms with Crippen LogP contribution in [-0.4, -0.2) is 102 Å². The highest BCUT2D eigenvalue weighted by atomic mass is 127. The van der Waals surface area contributed by atoms with Crippen molar-refractivity contribution in [3.8, 4) is 0 Å². The second-order valence-electron chi connectivity index (χ2n) is 7.67. The number of rotatable bonds is 11. The molecule has 182 valence electrons. The molecule has 1 fully saturated rings. The summed E-state index contributed by atoms with van der Waals surface area (Å²) < 4.78 is 18.2. The summed E-state index contributed by atoms with van der Waals surface area (Å²) in [6, 6.07) is 6.51. The number of benzene rings is 1. The molecule has 1 heterocycles. The topological polar surface area (TPSA) is 72.4 Å². The number of hydrogen-bond donors (Lipinski definition) is 2. The van der Waals surface area contributed by atoms with E-state index < -0.39 is 0 Å². The predicted octanol–water partition coefficient (Wildman–Crippen LogP) is 1.62. The minimum atomic E-state index is -0.233. The van der Waals surface area contributed by atoms with E-state index in [1.165, 1.54) is 12.1 Å². The van der Waals surface area contributed by atoms with Gasteiger partial charge in [-0.05, 0) is 37.7 Å². The smallest absolute Gasteiger partial charge is 0.224 e. The molecule has 0 aromatic heterocycles. The van der Waals surface area contributed by atoms with Gasteiger partial charge >= 0.3 is 0 Å². The minimum absolute atomic E-state index is 0. The van der Waals surface area contributed by atoms with Gasteiger partial charge in [-0.2, -0.15) is 0 Å². The van der Waals surface area contributed by atoms with Crippen LogP contribution in [0.15, 0.2) is 29.3 Å². The van der Waals surface area contributed by atoms with Crippen LogP contribution >= 0.6 is 24.0 Å². The largest absolute Gasteiger partial charge is 0.385 e. The van der Waals surface area contributed by atoms with Crippen molar-refractivity contribution >= 4 is 41.5 Å². The number of hydrogen-bond acceptors (Lipinski definition) is 5. The Morgan fingerprint density at radius 2 is 1.78 bits per heavy atom. The number of amides is 1. The van der Waals surface area contributed by atoms with Crippen molar-refractivity contribution in [2.75, 3.05) is 85.1 Å². The maximum absolute atomic E-state index is 13.1. The van der Waals surface area contributed by atoms with Crippen LogP contribution in [0.3, 0.4) is 0 Å². The number of likely N-dealkylation sites (N-methyl/N-ethyl adjacent to an activating group) is 1. The molecule has 10 heteroatoms. The summed E-state index contributed by atoms with van der Waals surface area (Å²) in [5.74, 6) is 0.613. The molecule has 32 heavy (non-hydrogen) atoms. The van der Waals surface area contributed by atoms with Gasteiger partial charge in [0.15, 0.2) is 5.96 Å². The third-order valence-electron chi connectivity index (χ3n) is 5.35. The lowest BCUT2D eigenvalue weighted by Crippen LogP contribution is -2.49. The SMILES string of the molecule is CN=C(NCCC(=O)N1CCN(c2ccc(F)cc2)CC1)NCCN(C)CCCOC.I. The summed E-state index contributed by atoms with van der Waals surface area (Å²) in [5, 5.41) is 6.49. The maximum Gasteiger partial charge on any atom is 0.224 e. The number of ether oxygens (including phenoxy) is 1. The number of anilines is 1. The predicted molar refractivity (Wildman–Crippen MR) is 139 cm³/mol. The molecule has 1 aromatic carbocycles. The molecule has 8 nitrogen and oxygen atoms in total. The molecule has 0 saturated carbocycles. The van der Waals surface area contributed by atoms with Crippen LogP contribution in [0, 0.1) is 5.82 Å². The first-order valence-corrected chi connectivity index (χ1v) is 10.9. The Kier molecular flexibility index (Phi) is 14.2. The molecular weight excluding hydrogens is 526 g/mol. The fourth-order valence-corrected chi connectivity index (χ4v) is 3.49. The molecule has 0 radical (unpaired) electrons. The number of methoxy groups -OCH3 is 1. The average molecular weight is 564 g/mol. The quantitative estimate of drug-likeness (QED) is 0.184. The van der Waals surface area contributed by atoms with E-state index in [1.807, 2.05) is 4.90 Å². The molecule has 0 spiro atoms. The zero-order valence-corrected chi connectivity index (χ0v) is 21.8. The van der Waals surface area contributed by atoms with Gasteiger partial charge in [-0.1, -0.05) is 0 Å². The van der Waals surface area contributed by atoms with E-state index in [4.69, 9.17) is 4.74 Å². The lowest BCUT2D eigenvalue weighted by atomic mass is 10.2. The molecule has 0 atom stereocenters. The summed E-state index contributed by atoms with van der Waals surface area (Å²) in [5.41, 5.74) is 0.995. The van der Waals surface area contributed by atoms with Crippen molar-refractivity contribution in [3.05, 3.63) is 30.1 Å². The number of piperazine rings is 1. The van der Waals surface area contributed by atoms with Crippen LogP contribution in [0.5, 0.6) is 0 Å². The van der Waals surface area contributed by atoms with Gasteiger partial charge in [-0.3, -0.25) is 9.79 Å². The van der Waals surface area contributed by atoms with E-state index in [2.05, 4.69) is 32.5 Å².